The number of esters is 1. The molecule has 0 amide bonds. The molecule has 34 heavy (non-hydrogen) atoms. The van der Waals surface area contributed by atoms with Crippen molar-refractivity contribution in [2.75, 3.05) is 6.61 Å². The molecular weight excluding hydrogens is 436 g/mol. The second-order valence-corrected chi connectivity index (χ2v) is 8.01. The van der Waals surface area contributed by atoms with E-state index in [1.165, 1.54) is 0 Å². The van der Waals surface area contributed by atoms with Gasteiger partial charge in [-0.05, 0) is 23.3 Å². The smallest absolute Gasteiger partial charge is 0.338 e. The van der Waals surface area contributed by atoms with E-state index in [4.69, 9.17) is 18.9 Å². The fourth-order valence-corrected chi connectivity index (χ4v) is 3.78. The standard InChI is InChI=1S/C27H28O7/c28-16-22-23(29)24(31-17-19-10-4-1-5-11-19)25(34-26(30)21-14-8-3-9-15-21)27(33-22)32-18-20-12-6-2-7-13-20/h1-15,22-25,27-29H,16-18H2/t22-,23-,24+,25+,27+/m1/s1. The largest absolute Gasteiger partial charge is 0.450 e. The third-order valence-electron chi connectivity index (χ3n) is 5.59. The molecule has 7 nitrogen and oxygen atoms in total. The molecule has 1 aliphatic heterocycles. The van der Waals surface area contributed by atoms with Gasteiger partial charge in [0.05, 0.1) is 25.4 Å². The van der Waals surface area contributed by atoms with Crippen molar-refractivity contribution in [1.82, 2.24) is 0 Å². The van der Waals surface area contributed by atoms with Gasteiger partial charge in [0.25, 0.3) is 0 Å². The molecule has 0 bridgehead atoms. The fourth-order valence-electron chi connectivity index (χ4n) is 3.78. The van der Waals surface area contributed by atoms with Crippen molar-refractivity contribution in [3.05, 3.63) is 108 Å². The molecule has 7 heteroatoms. The molecule has 1 aliphatic rings. The minimum Gasteiger partial charge on any atom is -0.450 e. The Kier molecular flexibility index (Phi) is 8.41. The third kappa shape index (κ3) is 6.08. The Morgan fingerprint density at radius 3 is 1.85 bits per heavy atom. The van der Waals surface area contributed by atoms with Crippen LogP contribution in [0.4, 0.5) is 0 Å². The molecule has 4 rings (SSSR count). The van der Waals surface area contributed by atoms with Gasteiger partial charge >= 0.3 is 5.97 Å². The van der Waals surface area contributed by atoms with E-state index in [0.717, 1.165) is 11.1 Å². The Balaban J connectivity index is 1.57. The Labute approximate surface area is 198 Å². The van der Waals surface area contributed by atoms with E-state index in [-0.39, 0.29) is 13.2 Å². The van der Waals surface area contributed by atoms with Crippen molar-refractivity contribution in [1.29, 1.82) is 0 Å². The van der Waals surface area contributed by atoms with Crippen molar-refractivity contribution in [2.24, 2.45) is 0 Å². The highest BCUT2D eigenvalue weighted by Gasteiger charge is 2.49. The van der Waals surface area contributed by atoms with Crippen LogP contribution in [0, 0.1) is 0 Å². The lowest BCUT2D eigenvalue weighted by Crippen LogP contribution is -2.61. The summed E-state index contributed by atoms with van der Waals surface area (Å²) in [5, 5.41) is 20.7. The van der Waals surface area contributed by atoms with Crippen LogP contribution in [0.1, 0.15) is 21.5 Å². The molecule has 3 aromatic rings. The molecule has 2 N–H and O–H groups in total. The first-order valence-corrected chi connectivity index (χ1v) is 11.2. The predicted molar refractivity (Wildman–Crippen MR) is 124 cm³/mol. The third-order valence-corrected chi connectivity index (χ3v) is 5.59. The second-order valence-electron chi connectivity index (χ2n) is 8.01. The maximum absolute atomic E-state index is 12.9. The Bertz CT molecular complexity index is 1010. The highest BCUT2D eigenvalue weighted by molar-refractivity contribution is 5.89. The van der Waals surface area contributed by atoms with E-state index >= 15 is 0 Å². The Morgan fingerprint density at radius 1 is 0.765 bits per heavy atom. The van der Waals surface area contributed by atoms with E-state index in [9.17, 15) is 15.0 Å². The van der Waals surface area contributed by atoms with E-state index in [1.54, 1.807) is 30.3 Å². The molecule has 3 aromatic carbocycles. The topological polar surface area (TPSA) is 94.5 Å². The summed E-state index contributed by atoms with van der Waals surface area (Å²) in [5.41, 5.74) is 2.13. The monoisotopic (exact) mass is 464 g/mol. The molecule has 0 aromatic heterocycles. The first-order chi connectivity index (χ1) is 16.7. The molecule has 1 saturated heterocycles. The molecule has 5 atom stereocenters. The molecule has 0 spiro atoms. The lowest BCUT2D eigenvalue weighted by atomic mass is 9.98. The Morgan fingerprint density at radius 2 is 1.29 bits per heavy atom. The van der Waals surface area contributed by atoms with Crippen molar-refractivity contribution in [3.8, 4) is 0 Å². The van der Waals surface area contributed by atoms with Crippen LogP contribution >= 0.6 is 0 Å². The summed E-state index contributed by atoms with van der Waals surface area (Å²) < 4.78 is 23.6. The quantitative estimate of drug-likeness (QED) is 0.470. The van der Waals surface area contributed by atoms with Crippen LogP contribution in [-0.2, 0) is 32.2 Å². The molecule has 0 aliphatic carbocycles. The summed E-state index contributed by atoms with van der Waals surface area (Å²) in [5.74, 6) is -0.592. The SMILES string of the molecule is O=C(O[C@@H]1[C@@H](OCc2ccccc2)O[C@H](CO)[C@@H](O)[C@@H]1OCc1ccccc1)c1ccccc1. The van der Waals surface area contributed by atoms with E-state index in [2.05, 4.69) is 0 Å². The maximum Gasteiger partial charge on any atom is 0.338 e. The van der Waals surface area contributed by atoms with Gasteiger partial charge in [-0.2, -0.15) is 0 Å². The van der Waals surface area contributed by atoms with Gasteiger partial charge in [-0.1, -0.05) is 78.9 Å². The van der Waals surface area contributed by atoms with Crippen molar-refractivity contribution in [3.63, 3.8) is 0 Å². The van der Waals surface area contributed by atoms with Crippen LogP contribution in [0.5, 0.6) is 0 Å². The summed E-state index contributed by atoms with van der Waals surface area (Å²) in [7, 11) is 0. The number of rotatable bonds is 9. The molecule has 178 valence electrons. The first-order valence-electron chi connectivity index (χ1n) is 11.2. The van der Waals surface area contributed by atoms with Crippen LogP contribution in [0.2, 0.25) is 0 Å². The van der Waals surface area contributed by atoms with Crippen LogP contribution in [0.25, 0.3) is 0 Å². The van der Waals surface area contributed by atoms with Gasteiger partial charge in [-0.15, -0.1) is 0 Å². The summed E-state index contributed by atoms with van der Waals surface area (Å²) in [6, 6.07) is 27.5. The van der Waals surface area contributed by atoms with Gasteiger partial charge in [-0.3, -0.25) is 0 Å². The number of hydrogen-bond acceptors (Lipinski definition) is 7. The first kappa shape index (κ1) is 24.1. The van der Waals surface area contributed by atoms with Crippen molar-refractivity contribution < 1.29 is 34.0 Å². The lowest BCUT2D eigenvalue weighted by molar-refractivity contribution is -0.311. The minimum atomic E-state index is -1.24. The molecule has 0 radical (unpaired) electrons. The molecule has 0 unspecified atom stereocenters. The van der Waals surface area contributed by atoms with Gasteiger partial charge in [0.2, 0.25) is 0 Å². The summed E-state index contributed by atoms with van der Waals surface area (Å²) in [6.45, 7) is -0.0903. The lowest BCUT2D eigenvalue weighted by Gasteiger charge is -2.43. The average Bonchev–Trinajstić information content (AvgIpc) is 2.89. The highest BCUT2D eigenvalue weighted by Crippen LogP contribution is 2.29. The number of ether oxygens (including phenoxy) is 4. The van der Waals surface area contributed by atoms with Gasteiger partial charge in [0.1, 0.15) is 18.3 Å². The van der Waals surface area contributed by atoms with E-state index in [0.29, 0.717) is 5.56 Å². The number of benzene rings is 3. The van der Waals surface area contributed by atoms with Crippen LogP contribution in [0.3, 0.4) is 0 Å². The fraction of sp³-hybridized carbons (Fsp3) is 0.296. The molecule has 1 fully saturated rings. The van der Waals surface area contributed by atoms with Gasteiger partial charge in [0, 0.05) is 0 Å². The second kappa shape index (κ2) is 11.9. The number of carbonyl (C=O) groups excluding carboxylic acids is 1. The number of aliphatic hydroxyl groups excluding tert-OH is 2. The normalized spacial score (nSPS) is 24.5. The van der Waals surface area contributed by atoms with Crippen molar-refractivity contribution in [2.45, 2.75) is 43.9 Å². The van der Waals surface area contributed by atoms with Crippen LogP contribution in [0.15, 0.2) is 91.0 Å². The van der Waals surface area contributed by atoms with E-state index in [1.807, 2.05) is 60.7 Å². The van der Waals surface area contributed by atoms with Crippen LogP contribution < -0.4 is 0 Å². The summed E-state index contributed by atoms with van der Waals surface area (Å²) >= 11 is 0. The van der Waals surface area contributed by atoms with Gasteiger partial charge in [0.15, 0.2) is 12.4 Å². The maximum atomic E-state index is 12.9. The van der Waals surface area contributed by atoms with Crippen LogP contribution in [-0.4, -0.2) is 53.5 Å². The van der Waals surface area contributed by atoms with Crippen molar-refractivity contribution >= 4 is 5.97 Å². The average molecular weight is 465 g/mol. The summed E-state index contributed by atoms with van der Waals surface area (Å²) in [4.78, 5) is 12.9. The zero-order valence-corrected chi connectivity index (χ0v) is 18.6. The highest BCUT2D eigenvalue weighted by atomic mass is 16.7. The zero-order chi connectivity index (χ0) is 23.8. The number of hydrogen-bond donors (Lipinski definition) is 2. The molecule has 0 saturated carbocycles. The van der Waals surface area contributed by atoms with Gasteiger partial charge in [-0.25, -0.2) is 4.79 Å². The molecule has 1 heterocycles. The summed E-state index contributed by atoms with van der Waals surface area (Å²) in [6.07, 6.45) is -5.32. The molecular formula is C27H28O7. The predicted octanol–water partition coefficient (Wildman–Crippen LogP) is 3.09. The number of carbonyl (C=O) groups is 1. The minimum absolute atomic E-state index is 0.172. The zero-order valence-electron chi connectivity index (χ0n) is 18.6. The number of aliphatic hydroxyl groups is 2. The van der Waals surface area contributed by atoms with Gasteiger partial charge < -0.3 is 29.2 Å². The van der Waals surface area contributed by atoms with E-state index < -0.39 is 43.3 Å². The Hall–Kier alpha value is -3.07.